The molecule has 1 unspecified atom stereocenters. The highest BCUT2D eigenvalue weighted by molar-refractivity contribution is 7.87. The summed E-state index contributed by atoms with van der Waals surface area (Å²) in [5.41, 5.74) is 0.699. The molecule has 1 atom stereocenters. The summed E-state index contributed by atoms with van der Waals surface area (Å²) < 4.78 is 29.2. The zero-order chi connectivity index (χ0) is 16.0. The molecule has 2 N–H and O–H groups in total. The minimum absolute atomic E-state index is 0.103. The van der Waals surface area contributed by atoms with Gasteiger partial charge in [0.05, 0.1) is 6.10 Å². The van der Waals surface area contributed by atoms with Crippen LogP contribution in [0.1, 0.15) is 18.6 Å². The van der Waals surface area contributed by atoms with Crippen molar-refractivity contribution in [3.8, 4) is 5.75 Å². The highest BCUT2D eigenvalue weighted by Crippen LogP contribution is 2.21. The van der Waals surface area contributed by atoms with Crippen LogP contribution < -0.4 is 9.50 Å². The van der Waals surface area contributed by atoms with Gasteiger partial charge in [-0.3, -0.25) is 0 Å². The lowest BCUT2D eigenvalue weighted by Gasteiger charge is -2.12. The van der Waals surface area contributed by atoms with Crippen molar-refractivity contribution in [1.29, 1.82) is 0 Å². The molecule has 2 aromatic rings. The van der Waals surface area contributed by atoms with Crippen LogP contribution in [0.5, 0.6) is 5.75 Å². The maximum atomic E-state index is 12.1. The minimum Gasteiger partial charge on any atom is -0.387 e. The van der Waals surface area contributed by atoms with Gasteiger partial charge in [-0.05, 0) is 36.4 Å². The van der Waals surface area contributed by atoms with Gasteiger partial charge in [0.25, 0.3) is 0 Å². The summed E-state index contributed by atoms with van der Waals surface area (Å²) in [6.07, 6.45) is -0.639. The standard InChI is InChI=1S/C16H19NO4S/c1-2-17-12-16(18)13-8-10-14(11-9-13)21-22(19,20)15-6-4-3-5-7-15/h3-11,16-18H,2,12H2,1H3. The molecule has 2 aromatic carbocycles. The van der Waals surface area contributed by atoms with Crippen LogP contribution in [0.3, 0.4) is 0 Å². The number of likely N-dealkylation sites (N-methyl/N-ethyl adjacent to an activating group) is 1. The van der Waals surface area contributed by atoms with Gasteiger partial charge < -0.3 is 14.6 Å². The van der Waals surface area contributed by atoms with E-state index < -0.39 is 16.2 Å². The second-order valence-electron chi connectivity index (χ2n) is 4.74. The fourth-order valence-corrected chi connectivity index (χ4v) is 2.86. The maximum Gasteiger partial charge on any atom is 0.339 e. The molecule has 0 heterocycles. The fraction of sp³-hybridized carbons (Fsp3) is 0.250. The Kier molecular flexibility index (Phi) is 5.54. The Morgan fingerprint density at radius 2 is 1.73 bits per heavy atom. The summed E-state index contributed by atoms with van der Waals surface area (Å²) in [6, 6.07) is 14.3. The van der Waals surface area contributed by atoms with Gasteiger partial charge in [0.15, 0.2) is 0 Å². The van der Waals surface area contributed by atoms with Gasteiger partial charge >= 0.3 is 10.1 Å². The Bertz CT molecular complexity index is 684. The van der Waals surface area contributed by atoms with Crippen LogP contribution >= 0.6 is 0 Å². The number of nitrogens with one attached hydrogen (secondary N) is 1. The van der Waals surface area contributed by atoms with Gasteiger partial charge in [0, 0.05) is 6.54 Å². The van der Waals surface area contributed by atoms with Crippen LogP contribution in [0.2, 0.25) is 0 Å². The third-order valence-electron chi connectivity index (χ3n) is 3.09. The smallest absolute Gasteiger partial charge is 0.339 e. The molecule has 0 aromatic heterocycles. The summed E-state index contributed by atoms with van der Waals surface area (Å²) in [4.78, 5) is 0.103. The van der Waals surface area contributed by atoms with E-state index in [1.165, 1.54) is 24.3 Å². The van der Waals surface area contributed by atoms with Crippen molar-refractivity contribution in [3.05, 3.63) is 60.2 Å². The summed E-state index contributed by atoms with van der Waals surface area (Å²) in [5.74, 6) is 0.211. The third-order valence-corrected chi connectivity index (χ3v) is 4.35. The molecule has 0 spiro atoms. The molecule has 118 valence electrons. The van der Waals surface area contributed by atoms with E-state index in [9.17, 15) is 13.5 Å². The first-order chi connectivity index (χ1) is 10.5. The lowest BCUT2D eigenvalue weighted by Crippen LogP contribution is -2.20. The predicted molar refractivity (Wildman–Crippen MR) is 84.2 cm³/mol. The van der Waals surface area contributed by atoms with Gasteiger partial charge in [-0.25, -0.2) is 0 Å². The van der Waals surface area contributed by atoms with Gasteiger partial charge in [-0.15, -0.1) is 0 Å². The highest BCUT2D eigenvalue weighted by atomic mass is 32.2. The molecule has 5 nitrogen and oxygen atoms in total. The first-order valence-corrected chi connectivity index (χ1v) is 8.42. The van der Waals surface area contributed by atoms with Gasteiger partial charge in [-0.2, -0.15) is 8.42 Å². The minimum atomic E-state index is -3.84. The molecular weight excluding hydrogens is 302 g/mol. The Hall–Kier alpha value is -1.89. The fourth-order valence-electron chi connectivity index (χ4n) is 1.91. The molecule has 0 aliphatic heterocycles. The molecule has 0 saturated carbocycles. The van der Waals surface area contributed by atoms with Crippen molar-refractivity contribution in [2.75, 3.05) is 13.1 Å². The zero-order valence-corrected chi connectivity index (χ0v) is 13.1. The van der Waals surface area contributed by atoms with E-state index in [1.54, 1.807) is 30.3 Å². The lowest BCUT2D eigenvalue weighted by atomic mass is 10.1. The van der Waals surface area contributed by atoms with Crippen molar-refractivity contribution in [3.63, 3.8) is 0 Å². The van der Waals surface area contributed by atoms with E-state index in [1.807, 2.05) is 6.92 Å². The summed E-state index contributed by atoms with van der Waals surface area (Å²) in [7, 11) is -3.84. The molecule has 0 amide bonds. The average Bonchev–Trinajstić information content (AvgIpc) is 2.54. The van der Waals surface area contributed by atoms with Crippen LogP contribution in [0, 0.1) is 0 Å². The number of hydrogen-bond acceptors (Lipinski definition) is 5. The summed E-state index contributed by atoms with van der Waals surface area (Å²) in [6.45, 7) is 3.17. The quantitative estimate of drug-likeness (QED) is 0.764. The molecule has 0 aliphatic carbocycles. The summed E-state index contributed by atoms with van der Waals surface area (Å²) in [5, 5.41) is 13.0. The number of aliphatic hydroxyl groups excluding tert-OH is 1. The van der Waals surface area contributed by atoms with Crippen molar-refractivity contribution < 1.29 is 17.7 Å². The molecule has 22 heavy (non-hydrogen) atoms. The summed E-state index contributed by atoms with van der Waals surface area (Å²) >= 11 is 0. The van der Waals surface area contributed by atoms with Crippen LogP contribution in [0.15, 0.2) is 59.5 Å². The van der Waals surface area contributed by atoms with Crippen molar-refractivity contribution in [1.82, 2.24) is 5.32 Å². The topological polar surface area (TPSA) is 75.6 Å². The van der Waals surface area contributed by atoms with Crippen LogP contribution in [0.4, 0.5) is 0 Å². The van der Waals surface area contributed by atoms with E-state index in [0.717, 1.165) is 6.54 Å². The number of benzene rings is 2. The Morgan fingerprint density at radius 1 is 1.09 bits per heavy atom. The van der Waals surface area contributed by atoms with Gasteiger partial charge in [-0.1, -0.05) is 37.3 Å². The molecule has 2 rings (SSSR count). The SMILES string of the molecule is CCNCC(O)c1ccc(OS(=O)(=O)c2ccccc2)cc1. The van der Waals surface area contributed by atoms with Crippen LogP contribution in [0.25, 0.3) is 0 Å². The first-order valence-electron chi connectivity index (χ1n) is 7.01. The van der Waals surface area contributed by atoms with Crippen LogP contribution in [-0.2, 0) is 10.1 Å². The van der Waals surface area contributed by atoms with Crippen LogP contribution in [-0.4, -0.2) is 26.6 Å². The third kappa shape index (κ3) is 4.30. The molecule has 0 bridgehead atoms. The van der Waals surface area contributed by atoms with Crippen molar-refractivity contribution >= 4 is 10.1 Å². The Balaban J connectivity index is 2.08. The molecule has 6 heteroatoms. The second kappa shape index (κ2) is 7.40. The number of hydrogen-bond donors (Lipinski definition) is 2. The highest BCUT2D eigenvalue weighted by Gasteiger charge is 2.16. The molecule has 0 fully saturated rings. The lowest BCUT2D eigenvalue weighted by molar-refractivity contribution is 0.175. The second-order valence-corrected chi connectivity index (χ2v) is 6.29. The van der Waals surface area contributed by atoms with Gasteiger partial charge in [0.1, 0.15) is 10.6 Å². The molecule has 0 radical (unpaired) electrons. The van der Waals surface area contributed by atoms with E-state index in [0.29, 0.717) is 12.1 Å². The number of aliphatic hydroxyl groups is 1. The van der Waals surface area contributed by atoms with Crippen molar-refractivity contribution in [2.45, 2.75) is 17.9 Å². The van der Waals surface area contributed by atoms with E-state index in [4.69, 9.17) is 4.18 Å². The maximum absolute atomic E-state index is 12.1. The normalized spacial score (nSPS) is 12.8. The van der Waals surface area contributed by atoms with Gasteiger partial charge in [0.2, 0.25) is 0 Å². The Morgan fingerprint density at radius 3 is 2.32 bits per heavy atom. The van der Waals surface area contributed by atoms with E-state index in [-0.39, 0.29) is 10.6 Å². The number of rotatable bonds is 7. The largest absolute Gasteiger partial charge is 0.387 e. The van der Waals surface area contributed by atoms with E-state index in [2.05, 4.69) is 5.32 Å². The average molecular weight is 321 g/mol. The van der Waals surface area contributed by atoms with Crippen molar-refractivity contribution in [2.24, 2.45) is 0 Å². The monoisotopic (exact) mass is 321 g/mol. The molecule has 0 saturated heterocycles. The Labute approximate surface area is 130 Å². The van der Waals surface area contributed by atoms with E-state index >= 15 is 0 Å². The molecule has 0 aliphatic rings. The molecular formula is C16H19NO4S. The predicted octanol–water partition coefficient (Wildman–Crippen LogP) is 2.10. The first kappa shape index (κ1) is 16.5. The zero-order valence-electron chi connectivity index (χ0n) is 12.3.